The molecule has 1 atom stereocenters. The highest BCUT2D eigenvalue weighted by molar-refractivity contribution is 6.32. The largest absolute Gasteiger partial charge is 0.484 e. The van der Waals surface area contributed by atoms with Crippen LogP contribution in [0.3, 0.4) is 0 Å². The van der Waals surface area contributed by atoms with Crippen LogP contribution in [0.15, 0.2) is 57.5 Å². The molecule has 1 aliphatic carbocycles. The zero-order chi connectivity index (χ0) is 20.5. The van der Waals surface area contributed by atoms with Crippen molar-refractivity contribution in [1.29, 1.82) is 5.26 Å². The number of carbonyl (C=O) groups excluding carboxylic acids is 1. The third kappa shape index (κ3) is 3.59. The summed E-state index contributed by atoms with van der Waals surface area (Å²) in [5.41, 5.74) is 6.48. The first-order valence-corrected chi connectivity index (χ1v) is 9.36. The van der Waals surface area contributed by atoms with Gasteiger partial charge in [-0.25, -0.2) is 4.39 Å². The van der Waals surface area contributed by atoms with Crippen molar-refractivity contribution in [3.05, 3.63) is 75.5 Å². The molecule has 1 aromatic carbocycles. The third-order valence-corrected chi connectivity index (χ3v) is 5.13. The Kier molecular flexibility index (Phi) is 5.03. The first kappa shape index (κ1) is 19.1. The molecule has 0 spiro atoms. The number of ether oxygens (including phenoxy) is 2. The van der Waals surface area contributed by atoms with Crippen LogP contribution in [0.1, 0.15) is 36.7 Å². The van der Waals surface area contributed by atoms with Gasteiger partial charge in [0.1, 0.15) is 47.1 Å². The van der Waals surface area contributed by atoms with Crippen molar-refractivity contribution in [1.82, 2.24) is 0 Å². The Morgan fingerprint density at radius 1 is 1.31 bits per heavy atom. The predicted octanol–water partition coefficient (Wildman–Crippen LogP) is 4.47. The van der Waals surface area contributed by atoms with Crippen LogP contribution in [0, 0.1) is 17.1 Å². The number of nitrogens with zero attached hydrogens (tertiary/aromatic N) is 1. The van der Waals surface area contributed by atoms with Crippen molar-refractivity contribution in [2.45, 2.75) is 31.8 Å². The zero-order valence-corrected chi connectivity index (χ0v) is 16.0. The van der Waals surface area contributed by atoms with Crippen molar-refractivity contribution < 1.29 is 23.1 Å². The van der Waals surface area contributed by atoms with Gasteiger partial charge in [0.2, 0.25) is 5.88 Å². The van der Waals surface area contributed by atoms with Crippen molar-refractivity contribution in [2.24, 2.45) is 5.73 Å². The summed E-state index contributed by atoms with van der Waals surface area (Å²) in [6, 6.07) is 9.22. The fraction of sp³-hybridized carbons (Fsp3) is 0.238. The van der Waals surface area contributed by atoms with Crippen LogP contribution in [0.2, 0.25) is 5.02 Å². The lowest BCUT2D eigenvalue weighted by Gasteiger charge is -2.29. The number of carbonyl (C=O) groups is 1. The Bertz CT molecular complexity index is 1100. The summed E-state index contributed by atoms with van der Waals surface area (Å²) >= 11 is 5.96. The van der Waals surface area contributed by atoms with Gasteiger partial charge in [-0.05, 0) is 36.8 Å². The number of nitrogens with two attached hydrogens (primary N) is 1. The van der Waals surface area contributed by atoms with Gasteiger partial charge in [-0.15, -0.1) is 0 Å². The third-order valence-electron chi connectivity index (χ3n) is 4.84. The van der Waals surface area contributed by atoms with Gasteiger partial charge in [0, 0.05) is 18.4 Å². The molecular formula is C21H16ClFN2O4. The van der Waals surface area contributed by atoms with Gasteiger partial charge in [0.15, 0.2) is 5.78 Å². The molecule has 29 heavy (non-hydrogen) atoms. The fourth-order valence-electron chi connectivity index (χ4n) is 3.51. The Morgan fingerprint density at radius 2 is 2.14 bits per heavy atom. The summed E-state index contributed by atoms with van der Waals surface area (Å²) in [6.07, 6.45) is 1.64. The van der Waals surface area contributed by atoms with Gasteiger partial charge in [-0.1, -0.05) is 11.6 Å². The molecule has 6 nitrogen and oxygen atoms in total. The molecule has 0 unspecified atom stereocenters. The molecule has 0 bridgehead atoms. The topological polar surface area (TPSA) is 98.5 Å². The van der Waals surface area contributed by atoms with Gasteiger partial charge in [0.25, 0.3) is 0 Å². The monoisotopic (exact) mass is 414 g/mol. The quantitative estimate of drug-likeness (QED) is 0.792. The van der Waals surface area contributed by atoms with Gasteiger partial charge < -0.3 is 19.6 Å². The standard InChI is InChI=1S/C21H16ClFN2O4/c22-14-8-11(23)4-6-16(14)27-10-12-5-7-18(28-12)19-13(9-24)21(25)29-17-3-1-2-15(26)20(17)19/h4-8,19H,1-3,10,25H2/t19-/m0/s1. The Balaban J connectivity index is 1.61. The molecule has 0 radical (unpaired) electrons. The van der Waals surface area contributed by atoms with Crippen LogP contribution in [0.4, 0.5) is 4.39 Å². The van der Waals surface area contributed by atoms with Crippen molar-refractivity contribution >= 4 is 17.4 Å². The van der Waals surface area contributed by atoms with E-state index < -0.39 is 11.7 Å². The summed E-state index contributed by atoms with van der Waals surface area (Å²) in [4.78, 5) is 12.5. The number of allylic oxidation sites excluding steroid dienone is 3. The molecule has 8 heteroatoms. The van der Waals surface area contributed by atoms with E-state index in [1.54, 1.807) is 12.1 Å². The summed E-state index contributed by atoms with van der Waals surface area (Å²) < 4.78 is 30.1. The number of hydrogen-bond donors (Lipinski definition) is 1. The van der Waals surface area contributed by atoms with Crippen molar-refractivity contribution in [3.63, 3.8) is 0 Å². The van der Waals surface area contributed by atoms with E-state index in [9.17, 15) is 14.4 Å². The normalized spacial score (nSPS) is 18.9. The Morgan fingerprint density at radius 3 is 2.90 bits per heavy atom. The predicted molar refractivity (Wildman–Crippen MR) is 101 cm³/mol. The number of Topliss-reactive ketones (excluding diaryl/α,β-unsaturated/α-hetero) is 1. The van der Waals surface area contributed by atoms with E-state index in [1.165, 1.54) is 12.1 Å². The minimum atomic E-state index is -0.709. The van der Waals surface area contributed by atoms with Crippen LogP contribution in [0.25, 0.3) is 0 Å². The number of halogens is 2. The minimum Gasteiger partial charge on any atom is -0.484 e. The van der Waals surface area contributed by atoms with Gasteiger partial charge >= 0.3 is 0 Å². The molecule has 0 saturated carbocycles. The maximum Gasteiger partial charge on any atom is 0.205 e. The lowest BCUT2D eigenvalue weighted by molar-refractivity contribution is -0.116. The molecule has 1 aromatic heterocycles. The molecule has 0 saturated heterocycles. The average Bonchev–Trinajstić information content (AvgIpc) is 3.15. The molecule has 1 aliphatic heterocycles. The van der Waals surface area contributed by atoms with Crippen LogP contribution >= 0.6 is 11.6 Å². The summed E-state index contributed by atoms with van der Waals surface area (Å²) in [7, 11) is 0. The van der Waals surface area contributed by atoms with Gasteiger partial charge in [0.05, 0.1) is 10.9 Å². The van der Waals surface area contributed by atoms with E-state index in [1.807, 2.05) is 6.07 Å². The highest BCUT2D eigenvalue weighted by Crippen LogP contribution is 2.43. The smallest absolute Gasteiger partial charge is 0.205 e. The van der Waals surface area contributed by atoms with Crippen LogP contribution in [0.5, 0.6) is 5.75 Å². The molecule has 2 aliphatic rings. The lowest BCUT2D eigenvalue weighted by Crippen LogP contribution is -2.27. The Hall–Kier alpha value is -3.24. The molecule has 148 valence electrons. The summed E-state index contributed by atoms with van der Waals surface area (Å²) in [6.45, 7) is 0.0372. The van der Waals surface area contributed by atoms with Gasteiger partial charge in [-0.3, -0.25) is 4.79 Å². The summed E-state index contributed by atoms with van der Waals surface area (Å²) in [5.74, 6) is 0.396. The second-order valence-corrected chi connectivity index (χ2v) is 7.11. The summed E-state index contributed by atoms with van der Waals surface area (Å²) in [5, 5.41) is 9.71. The first-order valence-electron chi connectivity index (χ1n) is 8.98. The average molecular weight is 415 g/mol. The number of ketones is 1. The van der Waals surface area contributed by atoms with E-state index in [0.717, 1.165) is 6.07 Å². The van der Waals surface area contributed by atoms with Crippen LogP contribution in [-0.2, 0) is 16.1 Å². The SMILES string of the molecule is N#CC1=C(N)OC2=C(C(=O)CCC2)[C@@H]1c1ccc(COc2ccc(F)cc2Cl)o1. The van der Waals surface area contributed by atoms with Crippen LogP contribution in [-0.4, -0.2) is 5.78 Å². The van der Waals surface area contributed by atoms with E-state index in [-0.39, 0.29) is 28.9 Å². The first-order chi connectivity index (χ1) is 14.0. The molecular weight excluding hydrogens is 399 g/mol. The van der Waals surface area contributed by atoms with Crippen molar-refractivity contribution in [2.75, 3.05) is 0 Å². The Labute approximate surface area is 170 Å². The second-order valence-electron chi connectivity index (χ2n) is 6.71. The molecule has 0 amide bonds. The maximum absolute atomic E-state index is 13.1. The number of rotatable bonds is 4. The number of furan rings is 1. The van der Waals surface area contributed by atoms with E-state index in [0.29, 0.717) is 47.9 Å². The zero-order valence-electron chi connectivity index (χ0n) is 15.2. The fourth-order valence-corrected chi connectivity index (χ4v) is 3.73. The minimum absolute atomic E-state index is 0.0155. The molecule has 2 heterocycles. The lowest BCUT2D eigenvalue weighted by atomic mass is 9.80. The van der Waals surface area contributed by atoms with Gasteiger partial charge in [-0.2, -0.15) is 5.26 Å². The van der Waals surface area contributed by atoms with Crippen LogP contribution < -0.4 is 10.5 Å². The molecule has 2 aromatic rings. The number of nitriles is 1. The maximum atomic E-state index is 13.1. The van der Waals surface area contributed by atoms with E-state index in [2.05, 4.69) is 0 Å². The van der Waals surface area contributed by atoms with E-state index in [4.69, 9.17) is 31.2 Å². The molecule has 4 rings (SSSR count). The highest BCUT2D eigenvalue weighted by Gasteiger charge is 2.39. The van der Waals surface area contributed by atoms with E-state index >= 15 is 0 Å². The molecule has 2 N–H and O–H groups in total. The highest BCUT2D eigenvalue weighted by atomic mass is 35.5. The number of benzene rings is 1. The molecule has 0 fully saturated rings. The van der Waals surface area contributed by atoms with Crippen molar-refractivity contribution in [3.8, 4) is 11.8 Å². The number of hydrogen-bond acceptors (Lipinski definition) is 6. The second kappa shape index (κ2) is 7.64.